The topological polar surface area (TPSA) is 27.8 Å². The van der Waals surface area contributed by atoms with E-state index in [1.807, 2.05) is 0 Å². The fourth-order valence-corrected chi connectivity index (χ4v) is 4.02. The Morgan fingerprint density at radius 2 is 1.79 bits per heavy atom. The summed E-state index contributed by atoms with van der Waals surface area (Å²) in [5.74, 6) is 0. The van der Waals surface area contributed by atoms with Gasteiger partial charge in [0.25, 0.3) is 0 Å². The first-order valence-electron chi connectivity index (χ1n) is 8.69. The zero-order valence-electron chi connectivity index (χ0n) is 14.3. The van der Waals surface area contributed by atoms with E-state index >= 15 is 0 Å². The largest absolute Gasteiger partial charge is 0.368 e. The molecule has 1 saturated heterocycles. The predicted octanol–water partition coefficient (Wildman–Crippen LogP) is 4.29. The monoisotopic (exact) mass is 318 g/mol. The molecule has 2 unspecified atom stereocenters. The molecule has 3 heteroatoms. The van der Waals surface area contributed by atoms with Crippen molar-refractivity contribution in [3.63, 3.8) is 0 Å². The third-order valence-corrected chi connectivity index (χ3v) is 5.53. The van der Waals surface area contributed by atoms with Gasteiger partial charge >= 0.3 is 0 Å². The smallest absolute Gasteiger partial charge is 0.106 e. The first-order valence-corrected chi connectivity index (χ1v) is 8.69. The molecule has 122 valence electrons. The lowest BCUT2D eigenvalue weighted by Crippen LogP contribution is -2.33. The standard InChI is InChI=1S/C21H22N2O/c1-13-8-9-23(22-13)15-5-7-17-16-6-4-14(20-12-24-20)10-18(16)21(2,3)19(17)11-15/h4-11,13,20,22H,12H2,1-3H3. The highest BCUT2D eigenvalue weighted by molar-refractivity contribution is 5.83. The number of rotatable bonds is 2. The maximum Gasteiger partial charge on any atom is 0.106 e. The Kier molecular flexibility index (Phi) is 2.80. The Labute approximate surface area is 142 Å². The average Bonchev–Trinajstić information content (AvgIpc) is 3.30. The number of epoxide rings is 1. The summed E-state index contributed by atoms with van der Waals surface area (Å²) < 4.78 is 5.47. The molecular weight excluding hydrogens is 296 g/mol. The number of anilines is 1. The summed E-state index contributed by atoms with van der Waals surface area (Å²) in [6.07, 6.45) is 4.60. The van der Waals surface area contributed by atoms with Crippen LogP contribution in [0.4, 0.5) is 5.69 Å². The highest BCUT2D eigenvalue weighted by Gasteiger charge is 2.37. The predicted molar refractivity (Wildman–Crippen MR) is 96.9 cm³/mol. The molecule has 1 fully saturated rings. The number of benzene rings is 2. The summed E-state index contributed by atoms with van der Waals surface area (Å²) in [5.41, 5.74) is 11.5. The number of fused-ring (bicyclic) bond motifs is 3. The molecule has 0 aromatic heterocycles. The number of ether oxygens (including phenoxy) is 1. The number of hydrogen-bond donors (Lipinski definition) is 1. The number of nitrogens with one attached hydrogen (secondary N) is 1. The summed E-state index contributed by atoms with van der Waals surface area (Å²) in [7, 11) is 0. The fourth-order valence-electron chi connectivity index (χ4n) is 4.02. The van der Waals surface area contributed by atoms with Crippen LogP contribution < -0.4 is 10.4 Å². The van der Waals surface area contributed by atoms with Crippen molar-refractivity contribution in [2.75, 3.05) is 11.6 Å². The summed E-state index contributed by atoms with van der Waals surface area (Å²) in [5, 5.41) is 2.12. The van der Waals surface area contributed by atoms with Crippen molar-refractivity contribution in [2.45, 2.75) is 38.3 Å². The average molecular weight is 318 g/mol. The molecule has 2 aromatic carbocycles. The van der Waals surface area contributed by atoms with Crippen LogP contribution in [0, 0.1) is 0 Å². The molecule has 0 amide bonds. The molecule has 2 atom stereocenters. The second kappa shape index (κ2) is 4.71. The lowest BCUT2D eigenvalue weighted by atomic mass is 9.81. The van der Waals surface area contributed by atoms with Crippen molar-refractivity contribution >= 4 is 5.69 Å². The van der Waals surface area contributed by atoms with Gasteiger partial charge in [0.1, 0.15) is 6.10 Å². The molecule has 3 nitrogen and oxygen atoms in total. The van der Waals surface area contributed by atoms with Gasteiger partial charge in [0.2, 0.25) is 0 Å². The van der Waals surface area contributed by atoms with E-state index in [-0.39, 0.29) is 5.41 Å². The van der Waals surface area contributed by atoms with E-state index in [4.69, 9.17) is 4.74 Å². The van der Waals surface area contributed by atoms with Crippen LogP contribution in [0.5, 0.6) is 0 Å². The molecule has 0 bridgehead atoms. The maximum atomic E-state index is 5.47. The van der Waals surface area contributed by atoms with Crippen LogP contribution in [0.3, 0.4) is 0 Å². The van der Waals surface area contributed by atoms with Gasteiger partial charge in [-0.15, -0.1) is 0 Å². The summed E-state index contributed by atoms with van der Waals surface area (Å²) in [6.45, 7) is 7.68. The molecule has 2 heterocycles. The Hall–Kier alpha value is -2.10. The molecular formula is C21H22N2O. The maximum absolute atomic E-state index is 5.47. The van der Waals surface area contributed by atoms with E-state index in [9.17, 15) is 0 Å². The fraction of sp³-hybridized carbons (Fsp3) is 0.333. The molecule has 0 saturated carbocycles. The van der Waals surface area contributed by atoms with Crippen LogP contribution in [0.25, 0.3) is 11.1 Å². The van der Waals surface area contributed by atoms with Crippen molar-refractivity contribution in [1.29, 1.82) is 0 Å². The number of nitrogens with zero attached hydrogens (tertiary/aromatic N) is 1. The van der Waals surface area contributed by atoms with Crippen molar-refractivity contribution in [1.82, 2.24) is 5.43 Å². The SMILES string of the molecule is CC1C=CN(c2ccc3c(c2)C(C)(C)c2cc(C4CO4)ccc2-3)N1. The van der Waals surface area contributed by atoms with Gasteiger partial charge in [0.05, 0.1) is 12.3 Å². The van der Waals surface area contributed by atoms with E-state index in [0.717, 1.165) is 6.61 Å². The van der Waals surface area contributed by atoms with E-state index in [1.54, 1.807) is 0 Å². The van der Waals surface area contributed by atoms with E-state index < -0.39 is 0 Å². The molecule has 2 aromatic rings. The number of hydrazine groups is 1. The van der Waals surface area contributed by atoms with Crippen LogP contribution in [-0.4, -0.2) is 12.6 Å². The third-order valence-electron chi connectivity index (χ3n) is 5.53. The zero-order valence-corrected chi connectivity index (χ0v) is 14.3. The van der Waals surface area contributed by atoms with Gasteiger partial charge in [-0.3, -0.25) is 5.01 Å². The van der Waals surface area contributed by atoms with Gasteiger partial charge in [-0.1, -0.05) is 38.1 Å². The first-order chi connectivity index (χ1) is 11.5. The van der Waals surface area contributed by atoms with Crippen molar-refractivity contribution in [3.8, 4) is 11.1 Å². The van der Waals surface area contributed by atoms with Gasteiger partial charge in [-0.25, -0.2) is 5.43 Å². The van der Waals surface area contributed by atoms with Crippen molar-refractivity contribution in [2.24, 2.45) is 0 Å². The van der Waals surface area contributed by atoms with Crippen LogP contribution >= 0.6 is 0 Å². The Morgan fingerprint density at radius 3 is 2.46 bits per heavy atom. The van der Waals surface area contributed by atoms with Gasteiger partial charge in [-0.05, 0) is 52.9 Å². The van der Waals surface area contributed by atoms with Gasteiger partial charge in [-0.2, -0.15) is 0 Å². The second-order valence-corrected chi connectivity index (χ2v) is 7.61. The van der Waals surface area contributed by atoms with Crippen molar-refractivity contribution in [3.05, 3.63) is 65.4 Å². The molecule has 1 N–H and O–H groups in total. The van der Waals surface area contributed by atoms with E-state index in [2.05, 4.69) is 79.9 Å². The highest BCUT2D eigenvalue weighted by Crippen LogP contribution is 2.50. The van der Waals surface area contributed by atoms with Gasteiger partial charge in [0, 0.05) is 17.7 Å². The van der Waals surface area contributed by atoms with Crippen molar-refractivity contribution < 1.29 is 4.74 Å². The van der Waals surface area contributed by atoms with Gasteiger partial charge in [0.15, 0.2) is 0 Å². The summed E-state index contributed by atoms with van der Waals surface area (Å²) in [4.78, 5) is 0. The second-order valence-electron chi connectivity index (χ2n) is 7.61. The quantitative estimate of drug-likeness (QED) is 0.837. The molecule has 2 aliphatic heterocycles. The molecule has 0 radical (unpaired) electrons. The minimum atomic E-state index is 0.0145. The zero-order chi connectivity index (χ0) is 16.5. The lowest BCUT2D eigenvalue weighted by Gasteiger charge is -2.24. The highest BCUT2D eigenvalue weighted by atomic mass is 16.6. The van der Waals surface area contributed by atoms with Crippen LogP contribution in [0.1, 0.15) is 43.6 Å². The normalized spacial score (nSPS) is 25.7. The lowest BCUT2D eigenvalue weighted by molar-refractivity contribution is 0.415. The molecule has 3 aliphatic rings. The molecule has 1 aliphatic carbocycles. The number of hydrogen-bond acceptors (Lipinski definition) is 3. The minimum absolute atomic E-state index is 0.0145. The summed E-state index contributed by atoms with van der Waals surface area (Å²) in [6, 6.07) is 14.0. The molecule has 0 spiro atoms. The Morgan fingerprint density at radius 1 is 1.08 bits per heavy atom. The molecule has 24 heavy (non-hydrogen) atoms. The third kappa shape index (κ3) is 1.98. The Bertz CT molecular complexity index is 864. The van der Waals surface area contributed by atoms with Crippen LogP contribution in [0.2, 0.25) is 0 Å². The Balaban J connectivity index is 1.60. The minimum Gasteiger partial charge on any atom is -0.368 e. The van der Waals surface area contributed by atoms with Gasteiger partial charge < -0.3 is 4.74 Å². The van der Waals surface area contributed by atoms with Crippen LogP contribution in [-0.2, 0) is 10.2 Å². The van der Waals surface area contributed by atoms with Crippen LogP contribution in [0.15, 0.2) is 48.7 Å². The van der Waals surface area contributed by atoms with E-state index in [0.29, 0.717) is 12.1 Å². The molecule has 5 rings (SSSR count). The van der Waals surface area contributed by atoms with E-state index in [1.165, 1.54) is 33.5 Å². The summed E-state index contributed by atoms with van der Waals surface area (Å²) >= 11 is 0. The first kappa shape index (κ1) is 14.3.